The summed E-state index contributed by atoms with van der Waals surface area (Å²) in [6, 6.07) is 6.65. The minimum Gasteiger partial charge on any atom is -0.389 e. The first-order valence-electron chi connectivity index (χ1n) is 8.74. The van der Waals surface area contributed by atoms with Gasteiger partial charge in [0.25, 0.3) is 0 Å². The highest BCUT2D eigenvalue weighted by atomic mass is 19.1. The molecule has 3 rings (SSSR count). The average molecular weight is 347 g/mol. The second kappa shape index (κ2) is 7.64. The summed E-state index contributed by atoms with van der Waals surface area (Å²) in [5, 5.41) is 15.1. The summed E-state index contributed by atoms with van der Waals surface area (Å²) < 4.78 is 20.7. The number of hydrogen-bond acceptors (Lipinski definition) is 4. The smallest absolute Gasteiger partial charge is 0.123 e. The van der Waals surface area contributed by atoms with Crippen molar-refractivity contribution < 1.29 is 14.2 Å². The lowest BCUT2D eigenvalue weighted by Crippen LogP contribution is -2.51. The maximum atomic E-state index is 13.8. The second-order valence-corrected chi connectivity index (χ2v) is 6.96. The summed E-state index contributed by atoms with van der Waals surface area (Å²) in [4.78, 5) is 2.27. The van der Waals surface area contributed by atoms with E-state index in [4.69, 9.17) is 4.74 Å². The summed E-state index contributed by atoms with van der Waals surface area (Å²) >= 11 is 0. The number of halogens is 1. The standard InChI is InChI=1S/C19H26FN3O2/c1-15-13-22(10-6-19(15,24)7-11-25-2)14-16-12-17(20)4-5-18(16)23-9-3-8-21-23/h3-5,8-9,12,15,24H,6-7,10-11,13-14H2,1-2H3/t15-,19-/m1/s1. The number of ether oxygens (including phenoxy) is 1. The molecule has 0 amide bonds. The van der Waals surface area contributed by atoms with Crippen molar-refractivity contribution in [2.24, 2.45) is 5.92 Å². The Morgan fingerprint density at radius 1 is 1.44 bits per heavy atom. The Morgan fingerprint density at radius 3 is 2.96 bits per heavy atom. The van der Waals surface area contributed by atoms with E-state index in [2.05, 4.69) is 16.9 Å². The number of methoxy groups -OCH3 is 1. The Kier molecular flexibility index (Phi) is 5.51. The van der Waals surface area contributed by atoms with Crippen LogP contribution in [0.15, 0.2) is 36.7 Å². The van der Waals surface area contributed by atoms with Crippen LogP contribution in [-0.2, 0) is 11.3 Å². The zero-order valence-corrected chi connectivity index (χ0v) is 14.9. The predicted octanol–water partition coefficient (Wildman–Crippen LogP) is 2.62. The highest BCUT2D eigenvalue weighted by Gasteiger charge is 2.38. The van der Waals surface area contributed by atoms with Gasteiger partial charge in [-0.15, -0.1) is 0 Å². The minimum absolute atomic E-state index is 0.137. The molecular formula is C19H26FN3O2. The molecule has 2 atom stereocenters. The Morgan fingerprint density at radius 2 is 2.28 bits per heavy atom. The van der Waals surface area contributed by atoms with Gasteiger partial charge in [0, 0.05) is 45.7 Å². The molecule has 25 heavy (non-hydrogen) atoms. The molecule has 1 fully saturated rings. The molecule has 6 heteroatoms. The summed E-state index contributed by atoms with van der Waals surface area (Å²) in [7, 11) is 1.66. The lowest BCUT2D eigenvalue weighted by atomic mass is 9.80. The van der Waals surface area contributed by atoms with Crippen LogP contribution in [0.5, 0.6) is 0 Å². The molecule has 1 aliphatic rings. The molecule has 0 aliphatic carbocycles. The Labute approximate surface area is 148 Å². The van der Waals surface area contributed by atoms with Crippen molar-refractivity contribution in [1.29, 1.82) is 0 Å². The van der Waals surface area contributed by atoms with Gasteiger partial charge in [0.05, 0.1) is 11.3 Å². The summed E-state index contributed by atoms with van der Waals surface area (Å²) in [6.45, 7) is 4.82. The van der Waals surface area contributed by atoms with Gasteiger partial charge in [0.2, 0.25) is 0 Å². The van der Waals surface area contributed by atoms with Crippen molar-refractivity contribution in [1.82, 2.24) is 14.7 Å². The van der Waals surface area contributed by atoms with E-state index < -0.39 is 5.60 Å². The Balaban J connectivity index is 1.73. The number of rotatable bonds is 6. The predicted molar refractivity (Wildman–Crippen MR) is 94.0 cm³/mol. The van der Waals surface area contributed by atoms with Crippen molar-refractivity contribution in [2.75, 3.05) is 26.8 Å². The molecule has 0 bridgehead atoms. The van der Waals surface area contributed by atoms with Gasteiger partial charge in [-0.3, -0.25) is 4.90 Å². The third-order valence-electron chi connectivity index (χ3n) is 5.24. The molecule has 1 saturated heterocycles. The number of aliphatic hydroxyl groups is 1. The molecule has 136 valence electrons. The molecule has 1 aliphatic heterocycles. The number of benzene rings is 1. The van der Waals surface area contributed by atoms with Gasteiger partial charge in [-0.2, -0.15) is 5.10 Å². The maximum absolute atomic E-state index is 13.8. The third-order valence-corrected chi connectivity index (χ3v) is 5.24. The SMILES string of the molecule is COCC[C@]1(O)CCN(Cc2cc(F)ccc2-n2cccn2)C[C@H]1C. The zero-order valence-electron chi connectivity index (χ0n) is 14.9. The van der Waals surface area contributed by atoms with Crippen molar-refractivity contribution in [2.45, 2.75) is 31.9 Å². The van der Waals surface area contributed by atoms with E-state index in [9.17, 15) is 9.50 Å². The highest BCUT2D eigenvalue weighted by molar-refractivity contribution is 5.40. The van der Waals surface area contributed by atoms with Crippen LogP contribution < -0.4 is 0 Å². The van der Waals surface area contributed by atoms with Crippen molar-refractivity contribution in [3.05, 3.63) is 48.0 Å². The molecule has 0 spiro atoms. The van der Waals surface area contributed by atoms with Crippen LogP contribution in [0, 0.1) is 11.7 Å². The van der Waals surface area contributed by atoms with Crippen LogP contribution in [0.3, 0.4) is 0 Å². The number of aromatic nitrogens is 2. The fourth-order valence-electron chi connectivity index (χ4n) is 3.60. The Bertz CT molecular complexity index is 692. The van der Waals surface area contributed by atoms with Crippen molar-refractivity contribution >= 4 is 0 Å². The molecule has 0 radical (unpaired) electrons. The van der Waals surface area contributed by atoms with Crippen LogP contribution in [0.2, 0.25) is 0 Å². The molecule has 0 saturated carbocycles. The van der Waals surface area contributed by atoms with Gasteiger partial charge in [-0.25, -0.2) is 9.07 Å². The average Bonchev–Trinajstić information content (AvgIpc) is 3.11. The van der Waals surface area contributed by atoms with E-state index in [1.54, 1.807) is 30.1 Å². The first-order valence-corrected chi connectivity index (χ1v) is 8.74. The van der Waals surface area contributed by atoms with Gasteiger partial charge in [0.15, 0.2) is 0 Å². The van der Waals surface area contributed by atoms with Gasteiger partial charge in [0.1, 0.15) is 5.82 Å². The Hall–Kier alpha value is -1.76. The molecule has 1 aromatic heterocycles. The number of hydrogen-bond donors (Lipinski definition) is 1. The molecule has 5 nitrogen and oxygen atoms in total. The topological polar surface area (TPSA) is 50.5 Å². The second-order valence-electron chi connectivity index (χ2n) is 6.96. The minimum atomic E-state index is -0.681. The molecule has 2 aromatic rings. The van der Waals surface area contributed by atoms with E-state index in [1.165, 1.54) is 6.07 Å². The lowest BCUT2D eigenvalue weighted by molar-refractivity contribution is -0.0827. The van der Waals surface area contributed by atoms with Crippen molar-refractivity contribution in [3.8, 4) is 5.69 Å². The van der Waals surface area contributed by atoms with Crippen LogP contribution >= 0.6 is 0 Å². The molecule has 2 heterocycles. The normalized spacial score (nSPS) is 24.6. The summed E-state index contributed by atoms with van der Waals surface area (Å²) in [5.41, 5.74) is 1.11. The largest absolute Gasteiger partial charge is 0.389 e. The van der Waals surface area contributed by atoms with E-state index in [-0.39, 0.29) is 11.7 Å². The number of piperidine rings is 1. The van der Waals surface area contributed by atoms with Crippen LogP contribution in [0.4, 0.5) is 4.39 Å². The lowest BCUT2D eigenvalue weighted by Gasteiger charge is -2.43. The van der Waals surface area contributed by atoms with E-state index in [0.29, 0.717) is 26.0 Å². The fraction of sp³-hybridized carbons (Fsp3) is 0.526. The van der Waals surface area contributed by atoms with Gasteiger partial charge in [-0.05, 0) is 48.6 Å². The van der Waals surface area contributed by atoms with Gasteiger partial charge >= 0.3 is 0 Å². The molecular weight excluding hydrogens is 321 g/mol. The fourth-order valence-corrected chi connectivity index (χ4v) is 3.60. The maximum Gasteiger partial charge on any atom is 0.123 e. The summed E-state index contributed by atoms with van der Waals surface area (Å²) in [5.74, 6) is -0.106. The van der Waals surface area contributed by atoms with Crippen molar-refractivity contribution in [3.63, 3.8) is 0 Å². The monoisotopic (exact) mass is 347 g/mol. The van der Waals surface area contributed by atoms with Crippen LogP contribution in [0.1, 0.15) is 25.3 Å². The summed E-state index contributed by atoms with van der Waals surface area (Å²) in [6.07, 6.45) is 4.92. The van der Waals surface area contributed by atoms with Gasteiger partial charge < -0.3 is 9.84 Å². The van der Waals surface area contributed by atoms with Gasteiger partial charge in [-0.1, -0.05) is 6.92 Å². The first kappa shape index (κ1) is 18.0. The molecule has 1 N–H and O–H groups in total. The first-order chi connectivity index (χ1) is 12.0. The highest BCUT2D eigenvalue weighted by Crippen LogP contribution is 2.32. The molecule has 1 aromatic carbocycles. The quantitative estimate of drug-likeness (QED) is 0.873. The van der Waals surface area contributed by atoms with E-state index in [1.807, 2.05) is 12.3 Å². The number of nitrogens with zero attached hydrogens (tertiary/aromatic N) is 3. The third kappa shape index (κ3) is 4.08. The number of likely N-dealkylation sites (tertiary alicyclic amines) is 1. The van der Waals surface area contributed by atoms with Crippen LogP contribution in [0.25, 0.3) is 5.69 Å². The van der Waals surface area contributed by atoms with Crippen LogP contribution in [-0.4, -0.2) is 52.2 Å². The van der Waals surface area contributed by atoms with E-state index >= 15 is 0 Å². The zero-order chi connectivity index (χ0) is 17.9. The van der Waals surface area contributed by atoms with E-state index in [0.717, 1.165) is 24.3 Å². The molecule has 0 unspecified atom stereocenters.